The van der Waals surface area contributed by atoms with E-state index in [-0.39, 0.29) is 11.9 Å². The molecular weight excluding hydrogens is 220 g/mol. The number of ether oxygens (including phenoxy) is 1. The van der Waals surface area contributed by atoms with Crippen LogP contribution in [-0.2, 0) is 9.53 Å². The molecule has 1 atom stereocenters. The van der Waals surface area contributed by atoms with E-state index in [1.54, 1.807) is 0 Å². The molecule has 1 saturated heterocycles. The Morgan fingerprint density at radius 2 is 2.12 bits per heavy atom. The monoisotopic (exact) mass is 244 g/mol. The molecular formula is C12H24N2O3. The van der Waals surface area contributed by atoms with Crippen LogP contribution < -0.4 is 10.6 Å². The highest BCUT2D eigenvalue weighted by atomic mass is 16.5. The lowest BCUT2D eigenvalue weighted by Crippen LogP contribution is -2.47. The maximum atomic E-state index is 11.6. The van der Waals surface area contributed by atoms with Gasteiger partial charge in [-0.25, -0.2) is 0 Å². The van der Waals surface area contributed by atoms with Crippen molar-refractivity contribution in [1.82, 2.24) is 10.6 Å². The predicted octanol–water partition coefficient (Wildman–Crippen LogP) is 0.0322. The summed E-state index contributed by atoms with van der Waals surface area (Å²) in [4.78, 5) is 11.6. The van der Waals surface area contributed by atoms with E-state index in [0.717, 1.165) is 6.54 Å². The van der Waals surface area contributed by atoms with Gasteiger partial charge >= 0.3 is 0 Å². The van der Waals surface area contributed by atoms with E-state index in [2.05, 4.69) is 10.6 Å². The molecule has 0 aliphatic carbocycles. The first-order chi connectivity index (χ1) is 8.06. The highest BCUT2D eigenvalue weighted by Gasteiger charge is 2.30. The van der Waals surface area contributed by atoms with Gasteiger partial charge in [-0.2, -0.15) is 0 Å². The van der Waals surface area contributed by atoms with Crippen LogP contribution in [0.3, 0.4) is 0 Å². The van der Waals surface area contributed by atoms with Crippen molar-refractivity contribution in [2.45, 2.75) is 44.8 Å². The molecule has 0 saturated carbocycles. The van der Waals surface area contributed by atoms with Gasteiger partial charge in [0.2, 0.25) is 5.91 Å². The number of rotatable bonds is 6. The van der Waals surface area contributed by atoms with Gasteiger partial charge in [-0.05, 0) is 13.5 Å². The Morgan fingerprint density at radius 1 is 1.47 bits per heavy atom. The summed E-state index contributed by atoms with van der Waals surface area (Å²) in [5.74, 6) is -0.0154. The molecule has 5 heteroatoms. The van der Waals surface area contributed by atoms with Crippen molar-refractivity contribution in [1.29, 1.82) is 0 Å². The van der Waals surface area contributed by atoms with Crippen molar-refractivity contribution in [3.05, 3.63) is 0 Å². The minimum absolute atomic E-state index is 0.0154. The van der Waals surface area contributed by atoms with E-state index in [9.17, 15) is 9.90 Å². The summed E-state index contributed by atoms with van der Waals surface area (Å²) >= 11 is 0. The van der Waals surface area contributed by atoms with Gasteiger partial charge in [0, 0.05) is 45.1 Å². The summed E-state index contributed by atoms with van der Waals surface area (Å²) in [6, 6.07) is 0.171. The fraction of sp³-hybridized carbons (Fsp3) is 0.917. The van der Waals surface area contributed by atoms with Crippen molar-refractivity contribution in [3.8, 4) is 0 Å². The molecule has 0 spiro atoms. The van der Waals surface area contributed by atoms with Crippen molar-refractivity contribution in [2.75, 3.05) is 26.3 Å². The Balaban J connectivity index is 2.22. The van der Waals surface area contributed by atoms with Crippen molar-refractivity contribution in [3.63, 3.8) is 0 Å². The van der Waals surface area contributed by atoms with Crippen LogP contribution in [0.4, 0.5) is 0 Å². The van der Waals surface area contributed by atoms with Gasteiger partial charge < -0.3 is 20.5 Å². The average molecular weight is 244 g/mol. The van der Waals surface area contributed by atoms with Crippen molar-refractivity contribution < 1.29 is 14.6 Å². The zero-order valence-electron chi connectivity index (χ0n) is 10.8. The standard InChI is InChI=1S/C12H24N2O3/c1-3-13-10(2)8-11(15)14-9-12(16)4-6-17-7-5-12/h10,13,16H,3-9H2,1-2H3,(H,14,15). The molecule has 3 N–H and O–H groups in total. The third kappa shape index (κ3) is 5.48. The summed E-state index contributed by atoms with van der Waals surface area (Å²) in [5, 5.41) is 16.1. The Hall–Kier alpha value is -0.650. The molecule has 1 fully saturated rings. The van der Waals surface area contributed by atoms with Gasteiger partial charge in [-0.3, -0.25) is 4.79 Å². The van der Waals surface area contributed by atoms with Crippen LogP contribution in [-0.4, -0.2) is 49.0 Å². The van der Waals surface area contributed by atoms with Gasteiger partial charge in [0.25, 0.3) is 0 Å². The van der Waals surface area contributed by atoms with Crippen LogP contribution >= 0.6 is 0 Å². The second-order valence-corrected chi connectivity index (χ2v) is 4.78. The second-order valence-electron chi connectivity index (χ2n) is 4.78. The summed E-state index contributed by atoms with van der Waals surface area (Å²) in [7, 11) is 0. The maximum Gasteiger partial charge on any atom is 0.221 e. The molecule has 0 aromatic heterocycles. The number of carbonyl (C=O) groups excluding carboxylic acids is 1. The Labute approximate surface area is 103 Å². The molecule has 1 rings (SSSR count). The molecule has 1 aliphatic heterocycles. The molecule has 0 radical (unpaired) electrons. The van der Waals surface area contributed by atoms with E-state index < -0.39 is 5.60 Å². The van der Waals surface area contributed by atoms with Crippen LogP contribution in [0.1, 0.15) is 33.1 Å². The van der Waals surface area contributed by atoms with Gasteiger partial charge in [-0.15, -0.1) is 0 Å². The Morgan fingerprint density at radius 3 is 2.71 bits per heavy atom. The number of hydrogen-bond donors (Lipinski definition) is 3. The van der Waals surface area contributed by atoms with E-state index in [1.807, 2.05) is 13.8 Å². The van der Waals surface area contributed by atoms with Gasteiger partial charge in [0.05, 0.1) is 5.60 Å². The predicted molar refractivity (Wildman–Crippen MR) is 65.8 cm³/mol. The van der Waals surface area contributed by atoms with Crippen LogP contribution in [0.15, 0.2) is 0 Å². The van der Waals surface area contributed by atoms with E-state index in [1.165, 1.54) is 0 Å². The number of hydrogen-bond acceptors (Lipinski definition) is 4. The quantitative estimate of drug-likeness (QED) is 0.616. The fourth-order valence-corrected chi connectivity index (χ4v) is 1.96. The number of aliphatic hydroxyl groups is 1. The summed E-state index contributed by atoms with van der Waals surface area (Å²) < 4.78 is 5.19. The second kappa shape index (κ2) is 6.93. The Kier molecular flexibility index (Phi) is 5.88. The SMILES string of the molecule is CCNC(C)CC(=O)NCC1(O)CCOCC1. The van der Waals surface area contributed by atoms with Crippen molar-refractivity contribution >= 4 is 5.91 Å². The summed E-state index contributed by atoms with van der Waals surface area (Å²) in [6.45, 7) is 6.31. The molecule has 17 heavy (non-hydrogen) atoms. The van der Waals surface area contributed by atoms with Crippen molar-refractivity contribution in [2.24, 2.45) is 0 Å². The third-order valence-electron chi connectivity index (χ3n) is 3.08. The van der Waals surface area contributed by atoms with Crippen LogP contribution in [0.5, 0.6) is 0 Å². The highest BCUT2D eigenvalue weighted by molar-refractivity contribution is 5.76. The van der Waals surface area contributed by atoms with Crippen LogP contribution in [0.25, 0.3) is 0 Å². The molecule has 1 aliphatic rings. The minimum atomic E-state index is -0.782. The third-order valence-corrected chi connectivity index (χ3v) is 3.08. The molecule has 0 aromatic carbocycles. The average Bonchev–Trinajstić information content (AvgIpc) is 2.28. The highest BCUT2D eigenvalue weighted by Crippen LogP contribution is 2.19. The van der Waals surface area contributed by atoms with E-state index in [0.29, 0.717) is 39.0 Å². The normalized spacial score (nSPS) is 20.9. The lowest BCUT2D eigenvalue weighted by molar-refractivity contribution is -0.124. The van der Waals surface area contributed by atoms with E-state index >= 15 is 0 Å². The number of carbonyl (C=O) groups is 1. The molecule has 1 amide bonds. The molecule has 1 heterocycles. The lowest BCUT2D eigenvalue weighted by Gasteiger charge is -2.32. The Bertz CT molecular complexity index is 240. The van der Waals surface area contributed by atoms with Crippen LogP contribution in [0.2, 0.25) is 0 Å². The maximum absolute atomic E-state index is 11.6. The largest absolute Gasteiger partial charge is 0.388 e. The summed E-state index contributed by atoms with van der Waals surface area (Å²) in [5.41, 5.74) is -0.782. The van der Waals surface area contributed by atoms with E-state index in [4.69, 9.17) is 4.74 Å². The number of nitrogens with one attached hydrogen (secondary N) is 2. The molecule has 0 bridgehead atoms. The first kappa shape index (κ1) is 14.4. The smallest absolute Gasteiger partial charge is 0.221 e. The number of amides is 1. The first-order valence-electron chi connectivity index (χ1n) is 6.36. The van der Waals surface area contributed by atoms with Gasteiger partial charge in [-0.1, -0.05) is 6.92 Å². The minimum Gasteiger partial charge on any atom is -0.388 e. The topological polar surface area (TPSA) is 70.6 Å². The molecule has 0 aromatic rings. The molecule has 100 valence electrons. The van der Waals surface area contributed by atoms with Crippen LogP contribution in [0, 0.1) is 0 Å². The van der Waals surface area contributed by atoms with Gasteiger partial charge in [0.1, 0.15) is 0 Å². The first-order valence-corrected chi connectivity index (χ1v) is 6.36. The molecule has 1 unspecified atom stereocenters. The van der Waals surface area contributed by atoms with Gasteiger partial charge in [0.15, 0.2) is 0 Å². The fourth-order valence-electron chi connectivity index (χ4n) is 1.96. The molecule has 5 nitrogen and oxygen atoms in total. The summed E-state index contributed by atoms with van der Waals surface area (Å²) in [6.07, 6.45) is 1.63. The lowest BCUT2D eigenvalue weighted by atomic mass is 9.94. The zero-order valence-corrected chi connectivity index (χ0v) is 10.8. The zero-order chi connectivity index (χ0) is 12.7.